The molecular weight excluding hydrogens is 346 g/mol. The summed E-state index contributed by atoms with van der Waals surface area (Å²) in [6.45, 7) is 10.6. The maximum Gasteiger partial charge on any atom is 0.0918 e. The van der Waals surface area contributed by atoms with Crippen LogP contribution in [0.4, 0.5) is 0 Å². The van der Waals surface area contributed by atoms with Crippen LogP contribution in [0.5, 0.6) is 0 Å². The lowest BCUT2D eigenvalue weighted by Crippen LogP contribution is -2.46. The van der Waals surface area contributed by atoms with E-state index < -0.39 is 0 Å². The van der Waals surface area contributed by atoms with Gasteiger partial charge in [-0.05, 0) is 37.1 Å². The van der Waals surface area contributed by atoms with Crippen molar-refractivity contribution in [1.82, 2.24) is 20.5 Å². The topological polar surface area (TPSA) is 66.9 Å². The summed E-state index contributed by atoms with van der Waals surface area (Å²) in [7, 11) is 0. The van der Waals surface area contributed by atoms with Crippen molar-refractivity contribution in [2.24, 2.45) is 0 Å². The van der Waals surface area contributed by atoms with Crippen molar-refractivity contribution in [1.29, 1.82) is 5.26 Å². The molecule has 0 saturated carbocycles. The Balaban J connectivity index is 1.50. The van der Waals surface area contributed by atoms with Crippen molar-refractivity contribution in [2.45, 2.75) is 31.8 Å². The van der Waals surface area contributed by atoms with Gasteiger partial charge in [0, 0.05) is 46.4 Å². The second kappa shape index (κ2) is 8.20. The average molecular weight is 370 g/mol. The number of hydrogen-bond acceptors (Lipinski definition) is 4. The van der Waals surface area contributed by atoms with E-state index in [0.717, 1.165) is 59.1 Å². The van der Waals surface area contributed by atoms with Crippen molar-refractivity contribution >= 4 is 22.5 Å². The summed E-state index contributed by atoms with van der Waals surface area (Å²) in [5.74, 6) is 0.805. The number of nitrogens with zero attached hydrogens (tertiary/aromatic N) is 2. The third-order valence-electron chi connectivity index (χ3n) is 4.66. The van der Waals surface area contributed by atoms with Gasteiger partial charge in [0.2, 0.25) is 0 Å². The molecule has 26 heavy (non-hydrogen) atoms. The van der Waals surface area contributed by atoms with Gasteiger partial charge in [0.15, 0.2) is 0 Å². The molecule has 0 bridgehead atoms. The molecule has 1 aliphatic rings. The molecule has 6 heteroatoms. The van der Waals surface area contributed by atoms with Crippen LogP contribution >= 0.6 is 11.6 Å². The number of aromatic nitrogens is 1. The molecule has 1 aromatic carbocycles. The largest absolute Gasteiger partial charge is 0.372 e. The Morgan fingerprint density at radius 3 is 3.04 bits per heavy atom. The zero-order chi connectivity index (χ0) is 18.5. The van der Waals surface area contributed by atoms with Gasteiger partial charge in [0.05, 0.1) is 24.9 Å². The molecule has 1 aliphatic heterocycles. The first kappa shape index (κ1) is 18.2. The van der Waals surface area contributed by atoms with Gasteiger partial charge in [-0.3, -0.25) is 0 Å². The number of benzene rings is 1. The summed E-state index contributed by atoms with van der Waals surface area (Å²) in [5.41, 5.74) is 3.05. The van der Waals surface area contributed by atoms with E-state index in [1.165, 1.54) is 0 Å². The molecule has 1 fully saturated rings. The Hall–Kier alpha value is -2.58. The molecule has 1 atom stereocenters. The minimum atomic E-state index is 0.306. The Labute approximate surface area is 159 Å². The van der Waals surface area contributed by atoms with Gasteiger partial charge in [-0.25, -0.2) is 0 Å². The SMILES string of the molecule is C=C(NCc1cc2cc(Cl)ccc2[nH]1)NC1CCCN(C(=C)CC#N)C1. The number of piperidine rings is 1. The minimum absolute atomic E-state index is 0.306. The predicted octanol–water partition coefficient (Wildman–Crippen LogP) is 3.86. The molecule has 1 unspecified atom stereocenters. The molecule has 5 nitrogen and oxygen atoms in total. The van der Waals surface area contributed by atoms with Crippen LogP contribution in [0.3, 0.4) is 0 Å². The van der Waals surface area contributed by atoms with Crippen molar-refractivity contribution in [2.75, 3.05) is 13.1 Å². The minimum Gasteiger partial charge on any atom is -0.372 e. The quantitative estimate of drug-likeness (QED) is 0.693. The Morgan fingerprint density at radius 2 is 2.23 bits per heavy atom. The molecule has 2 heterocycles. The molecule has 136 valence electrons. The van der Waals surface area contributed by atoms with E-state index >= 15 is 0 Å². The normalized spacial score (nSPS) is 16.9. The molecule has 1 aromatic heterocycles. The number of nitrogens with one attached hydrogen (secondary N) is 3. The fourth-order valence-electron chi connectivity index (χ4n) is 3.34. The van der Waals surface area contributed by atoms with Gasteiger partial charge >= 0.3 is 0 Å². The van der Waals surface area contributed by atoms with E-state index in [1.54, 1.807) is 0 Å². The lowest BCUT2D eigenvalue weighted by molar-refractivity contribution is 0.238. The monoisotopic (exact) mass is 369 g/mol. The predicted molar refractivity (Wildman–Crippen MR) is 106 cm³/mol. The van der Waals surface area contributed by atoms with Crippen molar-refractivity contribution in [3.63, 3.8) is 0 Å². The van der Waals surface area contributed by atoms with Crippen LogP contribution < -0.4 is 10.6 Å². The van der Waals surface area contributed by atoms with Gasteiger partial charge < -0.3 is 20.5 Å². The van der Waals surface area contributed by atoms with E-state index in [1.807, 2.05) is 18.2 Å². The van der Waals surface area contributed by atoms with Crippen molar-refractivity contribution in [3.05, 3.63) is 59.7 Å². The lowest BCUT2D eigenvalue weighted by Gasteiger charge is -2.36. The van der Waals surface area contributed by atoms with Crippen LogP contribution in [0.25, 0.3) is 10.9 Å². The van der Waals surface area contributed by atoms with Crippen LogP contribution in [0, 0.1) is 11.3 Å². The number of fused-ring (bicyclic) bond motifs is 1. The summed E-state index contributed by atoms with van der Waals surface area (Å²) in [5, 5.41) is 17.5. The number of hydrogen-bond donors (Lipinski definition) is 3. The second-order valence-electron chi connectivity index (χ2n) is 6.69. The van der Waals surface area contributed by atoms with Gasteiger partial charge in [-0.1, -0.05) is 24.8 Å². The van der Waals surface area contributed by atoms with Crippen LogP contribution in [-0.4, -0.2) is 29.0 Å². The summed E-state index contributed by atoms with van der Waals surface area (Å²) in [6, 6.07) is 10.4. The molecule has 0 radical (unpaired) electrons. The first-order chi connectivity index (χ1) is 12.5. The smallest absolute Gasteiger partial charge is 0.0918 e. The molecule has 0 aliphatic carbocycles. The number of rotatable bonds is 7. The Bertz CT molecular complexity index is 847. The van der Waals surface area contributed by atoms with E-state index in [4.69, 9.17) is 16.9 Å². The van der Waals surface area contributed by atoms with Gasteiger partial charge in [0.1, 0.15) is 0 Å². The van der Waals surface area contributed by atoms with Crippen LogP contribution in [0.1, 0.15) is 25.0 Å². The second-order valence-corrected chi connectivity index (χ2v) is 7.13. The third kappa shape index (κ3) is 4.53. The molecule has 2 aromatic rings. The number of halogens is 1. The van der Waals surface area contributed by atoms with Crippen LogP contribution in [0.15, 0.2) is 48.9 Å². The van der Waals surface area contributed by atoms with Crippen LogP contribution in [-0.2, 0) is 6.54 Å². The van der Waals surface area contributed by atoms with Gasteiger partial charge in [-0.2, -0.15) is 5.26 Å². The molecule has 3 N–H and O–H groups in total. The number of likely N-dealkylation sites (tertiary alicyclic amines) is 1. The highest BCUT2D eigenvalue weighted by Gasteiger charge is 2.20. The fourth-order valence-corrected chi connectivity index (χ4v) is 3.52. The fraction of sp³-hybridized carbons (Fsp3) is 0.350. The average Bonchev–Trinajstić information content (AvgIpc) is 3.02. The standard InChI is InChI=1S/C20H24ClN5/c1-14(7-8-22)26-9-3-4-18(13-26)24-15(2)23-12-19-11-16-10-17(21)5-6-20(16)25-19/h5-6,10-11,18,23-25H,1-4,7,9,12-13H2. The Kier molecular flexibility index (Phi) is 5.75. The molecular formula is C20H24ClN5. The van der Waals surface area contributed by atoms with E-state index in [2.05, 4.69) is 45.8 Å². The number of H-pyrrole nitrogens is 1. The summed E-state index contributed by atoms with van der Waals surface area (Å²) >= 11 is 6.04. The summed E-state index contributed by atoms with van der Waals surface area (Å²) in [4.78, 5) is 5.57. The Morgan fingerprint density at radius 1 is 1.38 bits per heavy atom. The summed E-state index contributed by atoms with van der Waals surface area (Å²) < 4.78 is 0. The lowest BCUT2D eigenvalue weighted by atomic mass is 10.0. The van der Waals surface area contributed by atoms with Crippen molar-refractivity contribution in [3.8, 4) is 6.07 Å². The third-order valence-corrected chi connectivity index (χ3v) is 4.90. The highest BCUT2D eigenvalue weighted by atomic mass is 35.5. The maximum atomic E-state index is 8.84. The van der Waals surface area contributed by atoms with E-state index in [9.17, 15) is 0 Å². The number of allylic oxidation sites excluding steroid dienone is 1. The van der Waals surface area contributed by atoms with E-state index in [0.29, 0.717) is 19.0 Å². The highest BCUT2D eigenvalue weighted by molar-refractivity contribution is 6.31. The molecule has 0 amide bonds. The van der Waals surface area contributed by atoms with Gasteiger partial charge in [-0.15, -0.1) is 0 Å². The number of nitriles is 1. The highest BCUT2D eigenvalue weighted by Crippen LogP contribution is 2.20. The molecule has 1 saturated heterocycles. The first-order valence-corrected chi connectivity index (χ1v) is 9.19. The zero-order valence-electron chi connectivity index (χ0n) is 14.8. The maximum absolute atomic E-state index is 8.84. The first-order valence-electron chi connectivity index (χ1n) is 8.81. The summed E-state index contributed by atoms with van der Waals surface area (Å²) in [6.07, 6.45) is 2.55. The number of aromatic amines is 1. The van der Waals surface area contributed by atoms with Crippen molar-refractivity contribution < 1.29 is 0 Å². The molecule has 0 spiro atoms. The van der Waals surface area contributed by atoms with Crippen LogP contribution in [0.2, 0.25) is 5.02 Å². The molecule has 3 rings (SSSR count). The van der Waals surface area contributed by atoms with E-state index in [-0.39, 0.29) is 0 Å². The van der Waals surface area contributed by atoms with Gasteiger partial charge in [0.25, 0.3) is 0 Å². The zero-order valence-corrected chi connectivity index (χ0v) is 15.6.